The molecule has 30 heavy (non-hydrogen) atoms. The first-order valence-electron chi connectivity index (χ1n) is 8.98. The molecule has 3 aromatic carbocycles. The van der Waals surface area contributed by atoms with E-state index in [0.29, 0.717) is 38.5 Å². The molecule has 1 atom stereocenters. The molecule has 4 aromatic rings. The van der Waals surface area contributed by atoms with Crippen molar-refractivity contribution in [2.75, 3.05) is 5.32 Å². The summed E-state index contributed by atoms with van der Waals surface area (Å²) < 4.78 is 12.4. The van der Waals surface area contributed by atoms with E-state index in [1.54, 1.807) is 43.3 Å². The minimum atomic E-state index is -0.770. The largest absolute Gasteiger partial charge is 0.479 e. The third kappa shape index (κ3) is 4.61. The Labute approximate surface area is 191 Å². The number of nitrogens with one attached hydrogen (secondary N) is 1. The van der Waals surface area contributed by atoms with Gasteiger partial charge in [-0.25, -0.2) is 4.98 Å². The summed E-state index contributed by atoms with van der Waals surface area (Å²) in [4.78, 5) is 17.1. The van der Waals surface area contributed by atoms with Gasteiger partial charge in [-0.1, -0.05) is 45.2 Å². The fourth-order valence-electron chi connectivity index (χ4n) is 2.81. The van der Waals surface area contributed by atoms with E-state index >= 15 is 0 Å². The summed E-state index contributed by atoms with van der Waals surface area (Å²) in [6.45, 7) is 1.64. The van der Waals surface area contributed by atoms with Gasteiger partial charge in [-0.2, -0.15) is 0 Å². The number of fused-ring (bicyclic) bond motifs is 1. The number of amides is 1. The maximum atomic E-state index is 12.5. The summed E-state index contributed by atoms with van der Waals surface area (Å²) in [5, 5.41) is 3.65. The smallest absolute Gasteiger partial charge is 0.265 e. The third-order valence-electron chi connectivity index (χ3n) is 4.29. The van der Waals surface area contributed by atoms with Gasteiger partial charge in [-0.15, -0.1) is 0 Å². The Balaban J connectivity index is 1.49. The lowest BCUT2D eigenvalue weighted by Gasteiger charge is -2.15. The SMILES string of the molecule is CC(Oc1ccc(Cl)cc1Cl)C(=O)Nc1ccc2oc(-c3cccc(Br)c3)nc2c1. The van der Waals surface area contributed by atoms with Crippen LogP contribution in [0.4, 0.5) is 5.69 Å². The van der Waals surface area contributed by atoms with Gasteiger partial charge in [0.15, 0.2) is 11.7 Å². The van der Waals surface area contributed by atoms with Crippen molar-refractivity contribution in [2.24, 2.45) is 0 Å². The summed E-state index contributed by atoms with van der Waals surface area (Å²) in [6.07, 6.45) is -0.770. The first kappa shape index (κ1) is 20.7. The monoisotopic (exact) mass is 504 g/mol. The first-order chi connectivity index (χ1) is 14.4. The molecule has 1 heterocycles. The number of hydrogen-bond acceptors (Lipinski definition) is 4. The Morgan fingerprint density at radius 3 is 2.73 bits per heavy atom. The molecule has 0 saturated carbocycles. The molecule has 1 aromatic heterocycles. The lowest BCUT2D eigenvalue weighted by molar-refractivity contribution is -0.122. The number of halogens is 3. The summed E-state index contributed by atoms with van der Waals surface area (Å²) in [5.41, 5.74) is 2.70. The Hall–Kier alpha value is -2.54. The second-order valence-electron chi connectivity index (χ2n) is 6.54. The highest BCUT2D eigenvalue weighted by molar-refractivity contribution is 9.10. The third-order valence-corrected chi connectivity index (χ3v) is 5.32. The molecule has 0 saturated heterocycles. The van der Waals surface area contributed by atoms with E-state index < -0.39 is 6.10 Å². The van der Waals surface area contributed by atoms with Gasteiger partial charge in [0.25, 0.3) is 5.91 Å². The minimum Gasteiger partial charge on any atom is -0.479 e. The molecule has 0 aliphatic rings. The van der Waals surface area contributed by atoms with Crippen LogP contribution in [0.15, 0.2) is 69.6 Å². The first-order valence-corrected chi connectivity index (χ1v) is 10.5. The van der Waals surface area contributed by atoms with Crippen molar-refractivity contribution in [1.82, 2.24) is 4.98 Å². The summed E-state index contributed by atoms with van der Waals surface area (Å²) in [5.74, 6) is 0.564. The van der Waals surface area contributed by atoms with Crippen LogP contribution in [0.1, 0.15) is 6.92 Å². The molecule has 152 valence electrons. The molecule has 0 spiro atoms. The molecule has 1 amide bonds. The average Bonchev–Trinajstić information content (AvgIpc) is 3.13. The number of anilines is 1. The van der Waals surface area contributed by atoms with Crippen molar-refractivity contribution >= 4 is 61.8 Å². The van der Waals surface area contributed by atoms with Crippen molar-refractivity contribution in [2.45, 2.75) is 13.0 Å². The van der Waals surface area contributed by atoms with Gasteiger partial charge < -0.3 is 14.5 Å². The fourth-order valence-corrected chi connectivity index (χ4v) is 3.66. The lowest BCUT2D eigenvalue weighted by atomic mass is 10.2. The highest BCUT2D eigenvalue weighted by Crippen LogP contribution is 2.29. The van der Waals surface area contributed by atoms with Crippen molar-refractivity contribution in [1.29, 1.82) is 0 Å². The van der Waals surface area contributed by atoms with Crippen LogP contribution in [0, 0.1) is 0 Å². The molecule has 8 heteroatoms. The minimum absolute atomic E-state index is 0.323. The van der Waals surface area contributed by atoms with E-state index in [2.05, 4.69) is 26.2 Å². The Kier molecular flexibility index (Phi) is 5.99. The van der Waals surface area contributed by atoms with Gasteiger partial charge in [-0.3, -0.25) is 4.79 Å². The number of carbonyl (C=O) groups excluding carboxylic acids is 1. The van der Waals surface area contributed by atoms with Crippen molar-refractivity contribution in [3.63, 3.8) is 0 Å². The van der Waals surface area contributed by atoms with Crippen LogP contribution in [-0.4, -0.2) is 17.0 Å². The second-order valence-corrected chi connectivity index (χ2v) is 8.30. The Bertz CT molecular complexity index is 1240. The second kappa shape index (κ2) is 8.68. The number of ether oxygens (including phenoxy) is 1. The van der Waals surface area contributed by atoms with Crippen LogP contribution in [0.3, 0.4) is 0 Å². The van der Waals surface area contributed by atoms with E-state index in [4.69, 9.17) is 32.4 Å². The Morgan fingerprint density at radius 1 is 1.13 bits per heavy atom. The van der Waals surface area contributed by atoms with E-state index in [1.165, 1.54) is 0 Å². The zero-order valence-corrected chi connectivity index (χ0v) is 18.8. The number of hydrogen-bond donors (Lipinski definition) is 1. The molecule has 0 bridgehead atoms. The van der Waals surface area contributed by atoms with E-state index in [0.717, 1.165) is 10.0 Å². The number of nitrogens with zero attached hydrogens (tertiary/aromatic N) is 1. The molecular formula is C22H15BrCl2N2O3. The molecule has 0 fully saturated rings. The molecule has 1 unspecified atom stereocenters. The number of aromatic nitrogens is 1. The standard InChI is InChI=1S/C22H15BrCl2N2O3/c1-12(29-19-7-5-15(24)10-17(19)25)21(28)26-16-6-8-20-18(11-16)27-22(30-20)13-3-2-4-14(23)9-13/h2-12H,1H3,(H,26,28). The van der Waals surface area contributed by atoms with Crippen molar-refractivity contribution in [3.8, 4) is 17.2 Å². The molecule has 5 nitrogen and oxygen atoms in total. The van der Waals surface area contributed by atoms with Crippen molar-refractivity contribution < 1.29 is 13.9 Å². The maximum Gasteiger partial charge on any atom is 0.265 e. The van der Waals surface area contributed by atoms with Crippen LogP contribution in [-0.2, 0) is 4.79 Å². The zero-order valence-electron chi connectivity index (χ0n) is 15.7. The van der Waals surface area contributed by atoms with Crippen LogP contribution >= 0.6 is 39.1 Å². The summed E-state index contributed by atoms with van der Waals surface area (Å²) in [6, 6.07) is 17.8. The normalized spacial score (nSPS) is 12.0. The number of carbonyl (C=O) groups is 1. The molecule has 0 radical (unpaired) electrons. The topological polar surface area (TPSA) is 64.4 Å². The van der Waals surface area contributed by atoms with Crippen molar-refractivity contribution in [3.05, 3.63) is 75.2 Å². The highest BCUT2D eigenvalue weighted by atomic mass is 79.9. The number of oxazole rings is 1. The molecule has 0 aliphatic heterocycles. The van der Waals surface area contributed by atoms with Gasteiger partial charge in [-0.05, 0) is 61.5 Å². The Morgan fingerprint density at radius 2 is 1.97 bits per heavy atom. The van der Waals surface area contributed by atoms with E-state index in [1.807, 2.05) is 24.3 Å². The molecule has 0 aliphatic carbocycles. The van der Waals surface area contributed by atoms with Gasteiger partial charge in [0, 0.05) is 20.7 Å². The number of benzene rings is 3. The lowest BCUT2D eigenvalue weighted by Crippen LogP contribution is -2.30. The van der Waals surface area contributed by atoms with E-state index in [-0.39, 0.29) is 5.91 Å². The van der Waals surface area contributed by atoms with Crippen LogP contribution < -0.4 is 10.1 Å². The van der Waals surface area contributed by atoms with Gasteiger partial charge >= 0.3 is 0 Å². The van der Waals surface area contributed by atoms with Gasteiger partial charge in [0.1, 0.15) is 11.3 Å². The van der Waals surface area contributed by atoms with Crippen LogP contribution in [0.5, 0.6) is 5.75 Å². The molecule has 4 rings (SSSR count). The predicted octanol–water partition coefficient (Wildman–Crippen LogP) is 6.97. The molecular weight excluding hydrogens is 491 g/mol. The van der Waals surface area contributed by atoms with Gasteiger partial charge in [0.2, 0.25) is 5.89 Å². The van der Waals surface area contributed by atoms with Gasteiger partial charge in [0.05, 0.1) is 5.02 Å². The number of rotatable bonds is 5. The van der Waals surface area contributed by atoms with Crippen LogP contribution in [0.2, 0.25) is 10.0 Å². The maximum absolute atomic E-state index is 12.5. The van der Waals surface area contributed by atoms with E-state index in [9.17, 15) is 4.79 Å². The summed E-state index contributed by atoms with van der Waals surface area (Å²) >= 11 is 15.4. The predicted molar refractivity (Wildman–Crippen MR) is 122 cm³/mol. The summed E-state index contributed by atoms with van der Waals surface area (Å²) in [7, 11) is 0. The van der Waals surface area contributed by atoms with Crippen LogP contribution in [0.25, 0.3) is 22.6 Å². The average molecular weight is 506 g/mol. The zero-order chi connectivity index (χ0) is 21.3. The quantitative estimate of drug-likeness (QED) is 0.318. The molecule has 1 N–H and O–H groups in total. The fraction of sp³-hybridized carbons (Fsp3) is 0.0909. The highest BCUT2D eigenvalue weighted by Gasteiger charge is 2.17.